The Morgan fingerprint density at radius 2 is 2.15 bits per heavy atom. The standard InChI is InChI=1S/C12H11ClN4O3/c13-7-1-2-9-8(5-7)11(19)17(6-15-9)4-3-10(18)16-12(14)20/h1-2,5-6H,3-4H2,(H3,14,16,18,20). The van der Waals surface area contributed by atoms with E-state index in [1.807, 2.05) is 5.32 Å². The van der Waals surface area contributed by atoms with Crippen molar-refractivity contribution in [2.75, 3.05) is 0 Å². The van der Waals surface area contributed by atoms with Crippen LogP contribution in [-0.2, 0) is 11.3 Å². The second-order valence-corrected chi connectivity index (χ2v) is 4.50. The summed E-state index contributed by atoms with van der Waals surface area (Å²) < 4.78 is 1.28. The average molecular weight is 295 g/mol. The highest BCUT2D eigenvalue weighted by molar-refractivity contribution is 6.31. The van der Waals surface area contributed by atoms with Gasteiger partial charge in [0.25, 0.3) is 5.56 Å². The van der Waals surface area contributed by atoms with E-state index in [1.165, 1.54) is 17.0 Å². The lowest BCUT2D eigenvalue weighted by atomic mass is 10.2. The Balaban J connectivity index is 2.23. The number of primary amides is 1. The molecule has 0 bridgehead atoms. The Kier molecular flexibility index (Phi) is 3.99. The van der Waals surface area contributed by atoms with Crippen LogP contribution in [0, 0.1) is 0 Å². The van der Waals surface area contributed by atoms with Gasteiger partial charge >= 0.3 is 6.03 Å². The van der Waals surface area contributed by atoms with Crippen LogP contribution in [0.15, 0.2) is 29.3 Å². The van der Waals surface area contributed by atoms with Crippen molar-refractivity contribution in [1.29, 1.82) is 0 Å². The van der Waals surface area contributed by atoms with Gasteiger partial charge in [-0.15, -0.1) is 0 Å². The number of nitrogens with two attached hydrogens (primary N) is 1. The Bertz CT molecular complexity index is 741. The normalized spacial score (nSPS) is 10.4. The molecular weight excluding hydrogens is 284 g/mol. The molecule has 0 radical (unpaired) electrons. The van der Waals surface area contributed by atoms with Crippen LogP contribution in [0.1, 0.15) is 6.42 Å². The first-order valence-electron chi connectivity index (χ1n) is 5.71. The number of aromatic nitrogens is 2. The fourth-order valence-corrected chi connectivity index (χ4v) is 1.88. The Morgan fingerprint density at radius 3 is 2.85 bits per heavy atom. The van der Waals surface area contributed by atoms with Gasteiger partial charge in [-0.2, -0.15) is 0 Å². The maximum absolute atomic E-state index is 12.2. The number of aryl methyl sites for hydroxylation is 1. The number of benzene rings is 1. The van der Waals surface area contributed by atoms with E-state index in [1.54, 1.807) is 12.1 Å². The molecule has 1 aromatic carbocycles. The van der Waals surface area contributed by atoms with E-state index in [2.05, 4.69) is 4.98 Å². The summed E-state index contributed by atoms with van der Waals surface area (Å²) in [5.41, 5.74) is 5.04. The van der Waals surface area contributed by atoms with Crippen molar-refractivity contribution in [2.45, 2.75) is 13.0 Å². The molecule has 0 saturated heterocycles. The molecule has 0 spiro atoms. The Morgan fingerprint density at radius 1 is 1.40 bits per heavy atom. The first-order chi connectivity index (χ1) is 9.47. The highest BCUT2D eigenvalue weighted by Crippen LogP contribution is 2.13. The van der Waals surface area contributed by atoms with Crippen molar-refractivity contribution in [3.05, 3.63) is 39.9 Å². The molecule has 0 saturated carbocycles. The summed E-state index contributed by atoms with van der Waals surface area (Å²) in [7, 11) is 0. The molecule has 1 aromatic heterocycles. The molecule has 0 unspecified atom stereocenters. The van der Waals surface area contributed by atoms with E-state index in [-0.39, 0.29) is 18.5 Å². The van der Waals surface area contributed by atoms with Gasteiger partial charge in [0.2, 0.25) is 5.91 Å². The summed E-state index contributed by atoms with van der Waals surface area (Å²) in [5.74, 6) is -0.560. The van der Waals surface area contributed by atoms with Crippen LogP contribution in [0.25, 0.3) is 10.9 Å². The second kappa shape index (κ2) is 5.70. The first-order valence-corrected chi connectivity index (χ1v) is 6.09. The molecule has 7 nitrogen and oxygen atoms in total. The number of nitrogens with zero attached hydrogens (tertiary/aromatic N) is 2. The summed E-state index contributed by atoms with van der Waals surface area (Å²) in [6, 6.07) is 3.88. The zero-order valence-corrected chi connectivity index (χ0v) is 11.1. The predicted molar refractivity (Wildman–Crippen MR) is 73.4 cm³/mol. The van der Waals surface area contributed by atoms with Gasteiger partial charge in [0, 0.05) is 18.0 Å². The van der Waals surface area contributed by atoms with Gasteiger partial charge < -0.3 is 5.73 Å². The molecule has 2 aromatic rings. The van der Waals surface area contributed by atoms with Crippen LogP contribution in [0.3, 0.4) is 0 Å². The zero-order chi connectivity index (χ0) is 14.7. The molecule has 0 atom stereocenters. The maximum atomic E-state index is 12.2. The largest absolute Gasteiger partial charge is 0.351 e. The number of hydrogen-bond acceptors (Lipinski definition) is 4. The van der Waals surface area contributed by atoms with Crippen LogP contribution >= 0.6 is 11.6 Å². The third-order valence-corrected chi connectivity index (χ3v) is 2.86. The Labute approximate surface area is 118 Å². The number of carbonyl (C=O) groups is 2. The predicted octanol–water partition coefficient (Wildman–Crippen LogP) is 0.635. The molecular formula is C12H11ClN4O3. The number of amides is 3. The summed E-state index contributed by atoms with van der Waals surface area (Å²) >= 11 is 5.84. The molecule has 3 N–H and O–H groups in total. The number of halogens is 1. The molecule has 0 aliphatic rings. The lowest BCUT2D eigenvalue weighted by molar-refractivity contribution is -0.120. The van der Waals surface area contributed by atoms with E-state index < -0.39 is 11.9 Å². The number of fused-ring (bicyclic) bond motifs is 1. The van der Waals surface area contributed by atoms with Crippen molar-refractivity contribution in [3.8, 4) is 0 Å². The van der Waals surface area contributed by atoms with Crippen molar-refractivity contribution in [3.63, 3.8) is 0 Å². The summed E-state index contributed by atoms with van der Waals surface area (Å²) in [4.78, 5) is 38.0. The van der Waals surface area contributed by atoms with Gasteiger partial charge in [0.1, 0.15) is 0 Å². The fraction of sp³-hybridized carbons (Fsp3) is 0.167. The summed E-state index contributed by atoms with van der Waals surface area (Å²) in [6.45, 7) is 0.0907. The van der Waals surface area contributed by atoms with Gasteiger partial charge in [-0.1, -0.05) is 11.6 Å². The van der Waals surface area contributed by atoms with E-state index in [9.17, 15) is 14.4 Å². The molecule has 0 aliphatic heterocycles. The molecule has 1 heterocycles. The van der Waals surface area contributed by atoms with Crippen LogP contribution in [0.5, 0.6) is 0 Å². The van der Waals surface area contributed by atoms with Crippen LogP contribution in [-0.4, -0.2) is 21.5 Å². The molecule has 2 rings (SSSR count). The van der Waals surface area contributed by atoms with E-state index in [0.717, 1.165) is 0 Å². The van der Waals surface area contributed by atoms with Crippen molar-refractivity contribution < 1.29 is 9.59 Å². The third-order valence-electron chi connectivity index (χ3n) is 2.63. The minimum absolute atomic E-state index is 0.0589. The smallest absolute Gasteiger partial charge is 0.318 e. The first kappa shape index (κ1) is 14.0. The molecule has 0 aliphatic carbocycles. The summed E-state index contributed by atoms with van der Waals surface area (Å²) in [5, 5.41) is 2.72. The van der Waals surface area contributed by atoms with Crippen LogP contribution < -0.4 is 16.6 Å². The van der Waals surface area contributed by atoms with E-state index >= 15 is 0 Å². The van der Waals surface area contributed by atoms with Gasteiger partial charge in [0.15, 0.2) is 0 Å². The van der Waals surface area contributed by atoms with Crippen molar-refractivity contribution in [1.82, 2.24) is 14.9 Å². The lowest BCUT2D eigenvalue weighted by Gasteiger charge is -2.06. The van der Waals surface area contributed by atoms with Gasteiger partial charge in [0.05, 0.1) is 17.2 Å². The Hall–Kier alpha value is -2.41. The van der Waals surface area contributed by atoms with Crippen molar-refractivity contribution >= 4 is 34.4 Å². The topological polar surface area (TPSA) is 107 Å². The number of hydrogen-bond donors (Lipinski definition) is 2. The molecule has 3 amide bonds. The van der Waals surface area contributed by atoms with E-state index in [0.29, 0.717) is 15.9 Å². The lowest BCUT2D eigenvalue weighted by Crippen LogP contribution is -2.36. The number of nitrogens with one attached hydrogen (secondary N) is 1. The molecule has 0 fully saturated rings. The molecule has 8 heteroatoms. The van der Waals surface area contributed by atoms with E-state index in [4.69, 9.17) is 17.3 Å². The number of imide groups is 1. The maximum Gasteiger partial charge on any atom is 0.318 e. The minimum Gasteiger partial charge on any atom is -0.351 e. The van der Waals surface area contributed by atoms with Crippen LogP contribution in [0.2, 0.25) is 5.02 Å². The minimum atomic E-state index is -0.925. The van der Waals surface area contributed by atoms with Crippen LogP contribution in [0.4, 0.5) is 4.79 Å². The van der Waals surface area contributed by atoms with Gasteiger partial charge in [-0.25, -0.2) is 9.78 Å². The molecule has 104 valence electrons. The molecule has 20 heavy (non-hydrogen) atoms. The fourth-order valence-electron chi connectivity index (χ4n) is 1.71. The average Bonchev–Trinajstić information content (AvgIpc) is 2.38. The SMILES string of the molecule is NC(=O)NC(=O)CCn1cnc2ccc(Cl)cc2c1=O. The number of urea groups is 1. The van der Waals surface area contributed by atoms with Crippen molar-refractivity contribution in [2.24, 2.45) is 5.73 Å². The number of rotatable bonds is 3. The number of carbonyl (C=O) groups excluding carboxylic acids is 2. The second-order valence-electron chi connectivity index (χ2n) is 4.07. The monoisotopic (exact) mass is 294 g/mol. The highest BCUT2D eigenvalue weighted by Gasteiger charge is 2.08. The van der Waals surface area contributed by atoms with Gasteiger partial charge in [-0.3, -0.25) is 19.5 Å². The third kappa shape index (κ3) is 3.12. The summed E-state index contributed by atoms with van der Waals surface area (Å²) in [6.07, 6.45) is 1.28. The highest BCUT2D eigenvalue weighted by atomic mass is 35.5. The quantitative estimate of drug-likeness (QED) is 0.866. The zero-order valence-electron chi connectivity index (χ0n) is 10.3. The van der Waals surface area contributed by atoms with Gasteiger partial charge in [-0.05, 0) is 18.2 Å².